The Bertz CT molecular complexity index is 302. The van der Waals surface area contributed by atoms with Gasteiger partial charge in [-0.25, -0.2) is 0 Å². The number of carbonyl (C=O) groups excluding carboxylic acids is 1. The van der Waals surface area contributed by atoms with Crippen molar-refractivity contribution in [2.75, 3.05) is 6.61 Å². The maximum absolute atomic E-state index is 12.2. The molecule has 98 valence electrons. The van der Waals surface area contributed by atoms with Crippen LogP contribution in [0, 0.1) is 17.3 Å². The monoisotopic (exact) mass is 242 g/mol. The van der Waals surface area contributed by atoms with Gasteiger partial charge in [0.1, 0.15) is 0 Å². The smallest absolute Gasteiger partial charge is 0.312 e. The van der Waals surface area contributed by atoms with Crippen LogP contribution in [-0.4, -0.2) is 30.1 Å². The van der Waals surface area contributed by atoms with E-state index >= 15 is 0 Å². The van der Waals surface area contributed by atoms with Crippen molar-refractivity contribution in [2.24, 2.45) is 17.3 Å². The van der Waals surface area contributed by atoms with E-state index in [1.807, 2.05) is 0 Å². The molecule has 4 unspecified atom stereocenters. The molecule has 0 spiro atoms. The third-order valence-electron chi connectivity index (χ3n) is 3.90. The topological polar surface area (TPSA) is 55.8 Å². The van der Waals surface area contributed by atoms with Crippen molar-refractivity contribution in [3.05, 3.63) is 0 Å². The number of rotatable bonds is 4. The molecule has 2 fully saturated rings. The molecule has 0 aromatic carbocycles. The lowest BCUT2D eigenvalue weighted by Crippen LogP contribution is -2.32. The van der Waals surface area contributed by atoms with Crippen molar-refractivity contribution < 1.29 is 19.4 Å². The van der Waals surface area contributed by atoms with Crippen LogP contribution in [0.2, 0.25) is 0 Å². The van der Waals surface area contributed by atoms with Gasteiger partial charge >= 0.3 is 5.97 Å². The molecule has 1 N–H and O–H groups in total. The lowest BCUT2D eigenvalue weighted by molar-refractivity contribution is -0.173. The van der Waals surface area contributed by atoms with Crippen LogP contribution in [-0.2, 0) is 14.3 Å². The van der Waals surface area contributed by atoms with E-state index in [0.29, 0.717) is 24.9 Å². The third-order valence-corrected chi connectivity index (χ3v) is 3.90. The summed E-state index contributed by atoms with van der Waals surface area (Å²) in [6, 6.07) is 0. The summed E-state index contributed by atoms with van der Waals surface area (Å²) >= 11 is 0. The summed E-state index contributed by atoms with van der Waals surface area (Å²) in [7, 11) is 0. The first-order valence-corrected chi connectivity index (χ1v) is 6.46. The highest BCUT2D eigenvalue weighted by Gasteiger charge is 2.59. The van der Waals surface area contributed by atoms with Crippen LogP contribution >= 0.6 is 0 Å². The minimum Gasteiger partial charge on any atom is -0.456 e. The molecule has 4 heteroatoms. The van der Waals surface area contributed by atoms with Crippen LogP contribution in [0.1, 0.15) is 40.0 Å². The van der Waals surface area contributed by atoms with Gasteiger partial charge in [-0.2, -0.15) is 0 Å². The molecule has 1 saturated heterocycles. The predicted octanol–water partition coefficient (Wildman–Crippen LogP) is 1.71. The zero-order chi connectivity index (χ0) is 12.6. The average Bonchev–Trinajstić information content (AvgIpc) is 2.68. The Morgan fingerprint density at radius 2 is 2.24 bits per heavy atom. The van der Waals surface area contributed by atoms with Crippen LogP contribution in [0.15, 0.2) is 0 Å². The highest BCUT2D eigenvalue weighted by atomic mass is 16.7. The molecular formula is C13H22O4. The molecular weight excluding hydrogens is 220 g/mol. The minimum absolute atomic E-state index is 0.145. The fraction of sp³-hybridized carbons (Fsp3) is 0.923. The zero-order valence-corrected chi connectivity index (χ0v) is 10.8. The quantitative estimate of drug-likeness (QED) is 0.762. The summed E-state index contributed by atoms with van der Waals surface area (Å²) in [4.78, 5) is 12.2. The molecule has 0 aromatic rings. The second-order valence-electron chi connectivity index (χ2n) is 5.85. The molecule has 2 aliphatic rings. The molecule has 1 heterocycles. The number of hydrogen-bond donors (Lipinski definition) is 1. The van der Waals surface area contributed by atoms with Crippen molar-refractivity contribution in [3.63, 3.8) is 0 Å². The molecule has 0 radical (unpaired) electrons. The Balaban J connectivity index is 1.94. The molecule has 1 aliphatic heterocycles. The second kappa shape index (κ2) is 4.58. The van der Waals surface area contributed by atoms with Crippen LogP contribution in [0.5, 0.6) is 0 Å². The normalized spacial score (nSPS) is 40.6. The number of hydrogen-bond acceptors (Lipinski definition) is 4. The van der Waals surface area contributed by atoms with Gasteiger partial charge in [-0.05, 0) is 24.7 Å². The van der Waals surface area contributed by atoms with Gasteiger partial charge in [0.15, 0.2) is 12.4 Å². The zero-order valence-electron chi connectivity index (χ0n) is 10.8. The molecule has 4 atom stereocenters. The lowest BCUT2D eigenvalue weighted by atomic mass is 9.92. The first kappa shape index (κ1) is 12.8. The van der Waals surface area contributed by atoms with Crippen molar-refractivity contribution >= 4 is 5.97 Å². The Hall–Kier alpha value is -0.610. The first-order chi connectivity index (χ1) is 7.95. The van der Waals surface area contributed by atoms with Gasteiger partial charge in [0.25, 0.3) is 0 Å². The number of aliphatic hydroxyl groups excluding tert-OH is 1. The molecule has 2 rings (SSSR count). The van der Waals surface area contributed by atoms with Gasteiger partial charge < -0.3 is 14.6 Å². The summed E-state index contributed by atoms with van der Waals surface area (Å²) in [5, 5.41) is 9.47. The summed E-state index contributed by atoms with van der Waals surface area (Å²) in [6.07, 6.45) is 0.965. The fourth-order valence-corrected chi connectivity index (χ4v) is 2.80. The van der Waals surface area contributed by atoms with E-state index in [-0.39, 0.29) is 11.4 Å². The number of aliphatic hydroxyl groups is 1. The van der Waals surface area contributed by atoms with E-state index in [1.54, 1.807) is 0 Å². The largest absolute Gasteiger partial charge is 0.456 e. The standard InChI is InChI=1S/C13H22O4/c1-8(2)6-13(7-9(13)3)12(15)17-10-4-5-16-11(10)14/h8-11,14H,4-7H2,1-3H3. The molecule has 0 bridgehead atoms. The average molecular weight is 242 g/mol. The van der Waals surface area contributed by atoms with Crippen molar-refractivity contribution in [2.45, 2.75) is 52.4 Å². The van der Waals surface area contributed by atoms with Crippen LogP contribution in [0.3, 0.4) is 0 Å². The molecule has 17 heavy (non-hydrogen) atoms. The first-order valence-electron chi connectivity index (χ1n) is 6.46. The predicted molar refractivity (Wildman–Crippen MR) is 62.1 cm³/mol. The van der Waals surface area contributed by atoms with Gasteiger partial charge in [-0.3, -0.25) is 4.79 Å². The van der Waals surface area contributed by atoms with Gasteiger partial charge in [-0.1, -0.05) is 20.8 Å². The summed E-state index contributed by atoms with van der Waals surface area (Å²) in [5.41, 5.74) is -0.295. The fourth-order valence-electron chi connectivity index (χ4n) is 2.80. The SMILES string of the molecule is CC(C)CC1(C(=O)OC2CCOC2O)CC1C. The van der Waals surface area contributed by atoms with Gasteiger partial charge in [0.2, 0.25) is 0 Å². The van der Waals surface area contributed by atoms with E-state index in [2.05, 4.69) is 20.8 Å². The van der Waals surface area contributed by atoms with E-state index in [1.165, 1.54) is 0 Å². The van der Waals surface area contributed by atoms with Crippen molar-refractivity contribution in [1.82, 2.24) is 0 Å². The maximum atomic E-state index is 12.2. The lowest BCUT2D eigenvalue weighted by Gasteiger charge is -2.21. The van der Waals surface area contributed by atoms with Crippen LogP contribution in [0.4, 0.5) is 0 Å². The summed E-state index contributed by atoms with van der Waals surface area (Å²) in [5.74, 6) is 0.738. The Labute approximate surface area is 102 Å². The summed E-state index contributed by atoms with van der Waals surface area (Å²) < 4.78 is 10.4. The second-order valence-corrected chi connectivity index (χ2v) is 5.85. The van der Waals surface area contributed by atoms with E-state index in [9.17, 15) is 9.90 Å². The summed E-state index contributed by atoms with van der Waals surface area (Å²) in [6.45, 7) is 6.79. The Morgan fingerprint density at radius 3 is 2.65 bits per heavy atom. The highest BCUT2D eigenvalue weighted by molar-refractivity contribution is 5.80. The van der Waals surface area contributed by atoms with Crippen LogP contribution < -0.4 is 0 Å². The van der Waals surface area contributed by atoms with Gasteiger partial charge in [0.05, 0.1) is 12.0 Å². The van der Waals surface area contributed by atoms with Crippen LogP contribution in [0.25, 0.3) is 0 Å². The molecule has 1 saturated carbocycles. The van der Waals surface area contributed by atoms with E-state index in [4.69, 9.17) is 9.47 Å². The molecule has 1 aliphatic carbocycles. The highest BCUT2D eigenvalue weighted by Crippen LogP contribution is 2.57. The Morgan fingerprint density at radius 1 is 1.59 bits per heavy atom. The van der Waals surface area contributed by atoms with Gasteiger partial charge in [-0.15, -0.1) is 0 Å². The molecule has 4 nitrogen and oxygen atoms in total. The van der Waals surface area contributed by atoms with E-state index < -0.39 is 12.4 Å². The number of carbonyl (C=O) groups is 1. The molecule has 0 aromatic heterocycles. The number of esters is 1. The number of ether oxygens (including phenoxy) is 2. The molecule has 0 amide bonds. The third kappa shape index (κ3) is 2.47. The maximum Gasteiger partial charge on any atom is 0.312 e. The van der Waals surface area contributed by atoms with Crippen molar-refractivity contribution in [1.29, 1.82) is 0 Å². The minimum atomic E-state index is -0.941. The van der Waals surface area contributed by atoms with E-state index in [0.717, 1.165) is 12.8 Å². The van der Waals surface area contributed by atoms with Crippen molar-refractivity contribution in [3.8, 4) is 0 Å². The van der Waals surface area contributed by atoms with Gasteiger partial charge in [0, 0.05) is 6.42 Å². The Kier molecular flexibility index (Phi) is 3.46.